The zero-order valence-electron chi connectivity index (χ0n) is 10.9. The lowest BCUT2D eigenvalue weighted by molar-refractivity contribution is 0.00292. The molecule has 1 aliphatic rings. The third kappa shape index (κ3) is 3.16. The first-order valence-corrected chi connectivity index (χ1v) is 6.44. The van der Waals surface area contributed by atoms with Crippen molar-refractivity contribution in [3.63, 3.8) is 0 Å². The monoisotopic (exact) mass is 235 g/mol. The Morgan fingerprint density at radius 3 is 2.76 bits per heavy atom. The van der Waals surface area contributed by atoms with Crippen molar-refractivity contribution in [2.24, 2.45) is 0 Å². The second-order valence-corrected chi connectivity index (χ2v) is 4.54. The van der Waals surface area contributed by atoms with Crippen molar-refractivity contribution in [1.29, 1.82) is 0 Å². The molecule has 94 valence electrons. The first kappa shape index (κ1) is 12.3. The highest BCUT2D eigenvalue weighted by atomic mass is 16.5. The molecule has 1 fully saturated rings. The zero-order valence-corrected chi connectivity index (χ0v) is 10.9. The average Bonchev–Trinajstić information content (AvgIpc) is 2.25. The van der Waals surface area contributed by atoms with E-state index in [1.54, 1.807) is 0 Å². The molecule has 0 saturated heterocycles. The maximum Gasteiger partial charge on any atom is 0.130 e. The van der Waals surface area contributed by atoms with Gasteiger partial charge in [-0.05, 0) is 33.1 Å². The average molecular weight is 235 g/mol. The van der Waals surface area contributed by atoms with E-state index in [1.807, 2.05) is 19.9 Å². The molecule has 1 N–H and O–H groups in total. The van der Waals surface area contributed by atoms with Crippen LogP contribution in [-0.4, -0.2) is 28.7 Å². The number of aromatic nitrogens is 2. The molecule has 1 heterocycles. The minimum absolute atomic E-state index is 0.436. The molecule has 4 heteroatoms. The Morgan fingerprint density at radius 2 is 2.12 bits per heavy atom. The highest BCUT2D eigenvalue weighted by Crippen LogP contribution is 2.26. The molecule has 0 radical (unpaired) electrons. The number of aryl methyl sites for hydroxylation is 2. The molecule has 1 aliphatic carbocycles. The number of nitrogens with one attached hydrogen (secondary N) is 1. The molecule has 0 bridgehead atoms. The molecule has 0 spiro atoms. The van der Waals surface area contributed by atoms with Crippen molar-refractivity contribution in [3.05, 3.63) is 17.6 Å². The lowest BCUT2D eigenvalue weighted by Gasteiger charge is -2.35. The van der Waals surface area contributed by atoms with Gasteiger partial charge in [-0.15, -0.1) is 0 Å². The van der Waals surface area contributed by atoms with Gasteiger partial charge in [0, 0.05) is 24.4 Å². The van der Waals surface area contributed by atoms with Gasteiger partial charge in [-0.2, -0.15) is 0 Å². The van der Waals surface area contributed by atoms with E-state index in [4.69, 9.17) is 4.74 Å². The Labute approximate surface area is 103 Å². The molecule has 0 aliphatic heterocycles. The molecule has 17 heavy (non-hydrogen) atoms. The summed E-state index contributed by atoms with van der Waals surface area (Å²) in [5.74, 6) is 1.79. The Balaban J connectivity index is 1.89. The fourth-order valence-corrected chi connectivity index (χ4v) is 2.15. The van der Waals surface area contributed by atoms with E-state index >= 15 is 0 Å². The normalized spacial score (nSPS) is 23.2. The molecule has 0 aromatic carbocycles. The summed E-state index contributed by atoms with van der Waals surface area (Å²) in [6, 6.07) is 2.55. The van der Waals surface area contributed by atoms with Gasteiger partial charge in [0.05, 0.1) is 6.10 Å². The Hall–Kier alpha value is -1.16. The van der Waals surface area contributed by atoms with Gasteiger partial charge in [0.1, 0.15) is 11.6 Å². The number of hydrogen-bond acceptors (Lipinski definition) is 4. The second-order valence-electron chi connectivity index (χ2n) is 4.54. The van der Waals surface area contributed by atoms with Gasteiger partial charge in [-0.25, -0.2) is 9.97 Å². The van der Waals surface area contributed by atoms with E-state index in [2.05, 4.69) is 22.2 Å². The molecule has 2 rings (SSSR count). The van der Waals surface area contributed by atoms with Crippen molar-refractivity contribution in [3.8, 4) is 0 Å². The first-order valence-electron chi connectivity index (χ1n) is 6.44. The fraction of sp³-hybridized carbons (Fsp3) is 0.692. The van der Waals surface area contributed by atoms with Crippen molar-refractivity contribution < 1.29 is 4.74 Å². The van der Waals surface area contributed by atoms with Gasteiger partial charge in [0.2, 0.25) is 0 Å². The molecule has 1 aromatic rings. The minimum Gasteiger partial charge on any atom is -0.378 e. The summed E-state index contributed by atoms with van der Waals surface area (Å²) in [5, 5.41) is 3.45. The van der Waals surface area contributed by atoms with Crippen LogP contribution in [-0.2, 0) is 11.2 Å². The third-order valence-corrected chi connectivity index (χ3v) is 3.10. The van der Waals surface area contributed by atoms with E-state index in [1.165, 1.54) is 0 Å². The third-order valence-electron chi connectivity index (χ3n) is 3.10. The largest absolute Gasteiger partial charge is 0.378 e. The lowest BCUT2D eigenvalue weighted by atomic mass is 9.89. The smallest absolute Gasteiger partial charge is 0.130 e. The van der Waals surface area contributed by atoms with Crippen molar-refractivity contribution in [2.45, 2.75) is 52.2 Å². The van der Waals surface area contributed by atoms with Crippen LogP contribution in [0.1, 0.15) is 38.2 Å². The second kappa shape index (κ2) is 5.45. The van der Waals surface area contributed by atoms with Crippen molar-refractivity contribution in [1.82, 2.24) is 9.97 Å². The molecule has 0 amide bonds. The number of rotatable bonds is 5. The number of ether oxygens (including phenoxy) is 1. The van der Waals surface area contributed by atoms with E-state index < -0.39 is 0 Å². The topological polar surface area (TPSA) is 47.0 Å². The summed E-state index contributed by atoms with van der Waals surface area (Å²) in [4.78, 5) is 8.78. The van der Waals surface area contributed by atoms with Crippen LogP contribution in [0.5, 0.6) is 0 Å². The molecule has 0 atom stereocenters. The zero-order chi connectivity index (χ0) is 12.3. The molecular weight excluding hydrogens is 214 g/mol. The Morgan fingerprint density at radius 1 is 1.35 bits per heavy atom. The van der Waals surface area contributed by atoms with Crippen LogP contribution in [0, 0.1) is 6.92 Å². The predicted octanol–water partition coefficient (Wildman–Crippen LogP) is 2.33. The van der Waals surface area contributed by atoms with E-state index in [9.17, 15) is 0 Å². The maximum absolute atomic E-state index is 5.54. The number of hydrogen-bond donors (Lipinski definition) is 1. The summed E-state index contributed by atoms with van der Waals surface area (Å²) in [5.41, 5.74) is 1.10. The van der Waals surface area contributed by atoms with Gasteiger partial charge in [-0.1, -0.05) is 6.92 Å². The van der Waals surface area contributed by atoms with Crippen LogP contribution in [0.15, 0.2) is 6.07 Å². The van der Waals surface area contributed by atoms with Crippen LogP contribution in [0.4, 0.5) is 5.82 Å². The SMILES string of the molecule is CCOC1CC(Nc2cc(CC)nc(C)n2)C1. The van der Waals surface area contributed by atoms with E-state index in [0.717, 1.165) is 43.2 Å². The maximum atomic E-state index is 5.54. The summed E-state index contributed by atoms with van der Waals surface area (Å²) in [7, 11) is 0. The minimum atomic E-state index is 0.436. The standard InChI is InChI=1S/C13H21N3O/c1-4-10-8-13(15-9(3)14-10)16-11-6-12(7-11)17-5-2/h8,11-12H,4-7H2,1-3H3,(H,14,15,16). The van der Waals surface area contributed by atoms with Crippen LogP contribution in [0.3, 0.4) is 0 Å². The summed E-state index contributed by atoms with van der Waals surface area (Å²) < 4.78 is 5.54. The number of nitrogens with zero attached hydrogens (tertiary/aromatic N) is 2. The highest BCUT2D eigenvalue weighted by molar-refractivity contribution is 5.38. The van der Waals surface area contributed by atoms with Gasteiger partial charge >= 0.3 is 0 Å². The molecule has 1 saturated carbocycles. The van der Waals surface area contributed by atoms with Crippen LogP contribution in [0.2, 0.25) is 0 Å². The van der Waals surface area contributed by atoms with Gasteiger partial charge < -0.3 is 10.1 Å². The molecule has 0 unspecified atom stereocenters. The van der Waals surface area contributed by atoms with Crippen molar-refractivity contribution >= 4 is 5.82 Å². The lowest BCUT2D eigenvalue weighted by Crippen LogP contribution is -2.41. The Bertz CT molecular complexity index is 375. The highest BCUT2D eigenvalue weighted by Gasteiger charge is 2.29. The summed E-state index contributed by atoms with van der Waals surface area (Å²) >= 11 is 0. The first-order chi connectivity index (χ1) is 8.21. The van der Waals surface area contributed by atoms with Crippen LogP contribution in [0.25, 0.3) is 0 Å². The molecule has 1 aromatic heterocycles. The van der Waals surface area contributed by atoms with E-state index in [0.29, 0.717) is 12.1 Å². The Kier molecular flexibility index (Phi) is 3.94. The van der Waals surface area contributed by atoms with Gasteiger partial charge in [0.15, 0.2) is 0 Å². The van der Waals surface area contributed by atoms with Crippen molar-refractivity contribution in [2.75, 3.05) is 11.9 Å². The van der Waals surface area contributed by atoms with Crippen LogP contribution < -0.4 is 5.32 Å². The number of anilines is 1. The predicted molar refractivity (Wildman–Crippen MR) is 68.2 cm³/mol. The van der Waals surface area contributed by atoms with E-state index in [-0.39, 0.29) is 0 Å². The summed E-state index contributed by atoms with van der Waals surface area (Å²) in [6.07, 6.45) is 3.55. The summed E-state index contributed by atoms with van der Waals surface area (Å²) in [6.45, 7) is 6.90. The fourth-order valence-electron chi connectivity index (χ4n) is 2.15. The van der Waals surface area contributed by atoms with Crippen LogP contribution >= 0.6 is 0 Å². The molecular formula is C13H21N3O. The van der Waals surface area contributed by atoms with Gasteiger partial charge in [-0.3, -0.25) is 0 Å². The quantitative estimate of drug-likeness (QED) is 0.851. The molecule has 4 nitrogen and oxygen atoms in total. The van der Waals surface area contributed by atoms with Gasteiger partial charge in [0.25, 0.3) is 0 Å².